The van der Waals surface area contributed by atoms with E-state index < -0.39 is 0 Å². The van der Waals surface area contributed by atoms with E-state index in [1.165, 1.54) is 0 Å². The van der Waals surface area contributed by atoms with Gasteiger partial charge in [0.15, 0.2) is 11.5 Å². The molecule has 1 atom stereocenters. The number of nitrogens with zero attached hydrogens (tertiary/aromatic N) is 2. The average molecular weight is 404 g/mol. The summed E-state index contributed by atoms with van der Waals surface area (Å²) in [7, 11) is 3.20. The highest BCUT2D eigenvalue weighted by Gasteiger charge is 2.33. The van der Waals surface area contributed by atoms with Crippen molar-refractivity contribution in [3.05, 3.63) is 39.8 Å². The number of aryl methyl sites for hydroxylation is 1. The maximum atomic E-state index is 12.4. The fourth-order valence-corrected chi connectivity index (χ4v) is 3.89. The van der Waals surface area contributed by atoms with E-state index in [9.17, 15) is 9.59 Å². The number of carbonyl (C=O) groups is 2. The van der Waals surface area contributed by atoms with Crippen LogP contribution in [0.2, 0.25) is 0 Å². The van der Waals surface area contributed by atoms with E-state index in [0.29, 0.717) is 37.6 Å². The molecule has 0 radical (unpaired) electrons. The van der Waals surface area contributed by atoms with Gasteiger partial charge in [-0.15, -0.1) is 11.3 Å². The largest absolute Gasteiger partial charge is 0.493 e. The van der Waals surface area contributed by atoms with Crippen LogP contribution in [0.4, 0.5) is 0 Å². The Balaban J connectivity index is 1.51. The number of benzene rings is 1. The lowest BCUT2D eigenvalue weighted by Gasteiger charge is -2.17. The highest BCUT2D eigenvalue weighted by Crippen LogP contribution is 2.28. The topological polar surface area (TPSA) is 80.8 Å². The molecule has 1 aromatic carbocycles. The third kappa shape index (κ3) is 4.81. The van der Waals surface area contributed by atoms with Gasteiger partial charge in [-0.2, -0.15) is 0 Å². The highest BCUT2D eigenvalue weighted by atomic mass is 32.1. The van der Waals surface area contributed by atoms with Gasteiger partial charge in [-0.05, 0) is 31.0 Å². The summed E-state index contributed by atoms with van der Waals surface area (Å²) in [5, 5.41) is 5.80. The van der Waals surface area contributed by atoms with Crippen LogP contribution >= 0.6 is 11.3 Å². The molecule has 0 saturated carbocycles. The first kappa shape index (κ1) is 20.1. The van der Waals surface area contributed by atoms with Crippen LogP contribution < -0.4 is 14.8 Å². The van der Waals surface area contributed by atoms with E-state index >= 15 is 0 Å². The number of thiazole rings is 1. The van der Waals surface area contributed by atoms with Crippen LogP contribution in [0.5, 0.6) is 11.5 Å². The molecule has 0 aliphatic carbocycles. The molecule has 1 aliphatic heterocycles. The van der Waals surface area contributed by atoms with Crippen molar-refractivity contribution >= 4 is 23.2 Å². The van der Waals surface area contributed by atoms with Crippen molar-refractivity contribution in [1.29, 1.82) is 0 Å². The minimum atomic E-state index is -0.308. The number of likely N-dealkylation sites (tertiary alicyclic amines) is 1. The van der Waals surface area contributed by atoms with E-state index in [4.69, 9.17) is 9.47 Å². The normalized spacial score (nSPS) is 16.3. The summed E-state index contributed by atoms with van der Waals surface area (Å²) >= 11 is 1.56. The lowest BCUT2D eigenvalue weighted by Crippen LogP contribution is -2.33. The average Bonchev–Trinajstić information content (AvgIpc) is 3.29. The number of hydrogen-bond donors (Lipinski definition) is 1. The molecule has 2 amide bonds. The standard InChI is InChI=1S/C20H25N3O4S/c1-13-22-16(12-28-13)10-21-20(25)15-9-19(24)23(11-15)7-6-14-4-5-17(26-2)18(8-14)27-3/h4-5,8,12,15H,6-7,9-11H2,1-3H3,(H,21,25). The molecule has 1 saturated heterocycles. The number of aromatic nitrogens is 1. The van der Waals surface area contributed by atoms with Crippen LogP contribution in [0.15, 0.2) is 23.6 Å². The van der Waals surface area contributed by atoms with E-state index in [2.05, 4.69) is 10.3 Å². The van der Waals surface area contributed by atoms with Crippen LogP contribution in [0.1, 0.15) is 22.7 Å². The molecule has 1 aromatic heterocycles. The number of nitrogens with one attached hydrogen (secondary N) is 1. The zero-order valence-corrected chi connectivity index (χ0v) is 17.2. The summed E-state index contributed by atoms with van der Waals surface area (Å²) in [5.41, 5.74) is 1.91. The maximum absolute atomic E-state index is 12.4. The van der Waals surface area contributed by atoms with Crippen molar-refractivity contribution in [1.82, 2.24) is 15.2 Å². The van der Waals surface area contributed by atoms with Crippen LogP contribution in [0, 0.1) is 12.8 Å². The minimum absolute atomic E-state index is 0.0186. The van der Waals surface area contributed by atoms with Gasteiger partial charge in [0.2, 0.25) is 11.8 Å². The third-order valence-corrected chi connectivity index (χ3v) is 5.64. The van der Waals surface area contributed by atoms with Gasteiger partial charge < -0.3 is 19.7 Å². The second-order valence-corrected chi connectivity index (χ2v) is 7.82. The van der Waals surface area contributed by atoms with Gasteiger partial charge in [-0.1, -0.05) is 6.07 Å². The second-order valence-electron chi connectivity index (χ2n) is 6.76. The zero-order chi connectivity index (χ0) is 20.1. The molecule has 3 rings (SSSR count). The van der Waals surface area contributed by atoms with Gasteiger partial charge >= 0.3 is 0 Å². The fraction of sp³-hybridized carbons (Fsp3) is 0.450. The van der Waals surface area contributed by atoms with Crippen LogP contribution in [-0.4, -0.2) is 49.0 Å². The van der Waals surface area contributed by atoms with Gasteiger partial charge in [0.1, 0.15) is 0 Å². The van der Waals surface area contributed by atoms with E-state index in [-0.39, 0.29) is 24.2 Å². The minimum Gasteiger partial charge on any atom is -0.493 e. The summed E-state index contributed by atoms with van der Waals surface area (Å²) in [6.07, 6.45) is 0.951. The van der Waals surface area contributed by atoms with Crippen LogP contribution in [0.25, 0.3) is 0 Å². The molecule has 2 heterocycles. The van der Waals surface area contributed by atoms with Gasteiger partial charge in [0.05, 0.1) is 37.4 Å². The Morgan fingerprint density at radius 3 is 2.79 bits per heavy atom. The van der Waals surface area contributed by atoms with Crippen molar-refractivity contribution < 1.29 is 19.1 Å². The Morgan fingerprint density at radius 1 is 1.32 bits per heavy atom. The van der Waals surface area contributed by atoms with Crippen LogP contribution in [0.3, 0.4) is 0 Å². The first-order chi connectivity index (χ1) is 13.5. The number of hydrogen-bond acceptors (Lipinski definition) is 6. The lowest BCUT2D eigenvalue weighted by molar-refractivity contribution is -0.129. The number of carbonyl (C=O) groups excluding carboxylic acids is 2. The molecule has 2 aromatic rings. The van der Waals surface area contributed by atoms with Crippen molar-refractivity contribution in [2.75, 3.05) is 27.3 Å². The molecule has 1 fully saturated rings. The number of methoxy groups -OCH3 is 2. The van der Waals surface area contributed by atoms with Crippen molar-refractivity contribution in [3.8, 4) is 11.5 Å². The summed E-state index contributed by atoms with van der Waals surface area (Å²) in [6, 6.07) is 5.73. The Kier molecular flexibility index (Phi) is 6.51. The summed E-state index contributed by atoms with van der Waals surface area (Å²) < 4.78 is 10.6. The van der Waals surface area contributed by atoms with Crippen molar-refractivity contribution in [2.45, 2.75) is 26.3 Å². The van der Waals surface area contributed by atoms with E-state index in [0.717, 1.165) is 16.3 Å². The molecule has 1 N–H and O–H groups in total. The predicted molar refractivity (Wildman–Crippen MR) is 107 cm³/mol. The predicted octanol–water partition coefficient (Wildman–Crippen LogP) is 2.18. The van der Waals surface area contributed by atoms with Gasteiger partial charge in [-0.25, -0.2) is 4.98 Å². The van der Waals surface area contributed by atoms with Gasteiger partial charge in [-0.3, -0.25) is 9.59 Å². The second kappa shape index (κ2) is 9.05. The summed E-state index contributed by atoms with van der Waals surface area (Å²) in [6.45, 7) is 3.36. The molecule has 150 valence electrons. The van der Waals surface area contributed by atoms with Gasteiger partial charge in [0, 0.05) is 24.9 Å². The molecule has 1 unspecified atom stereocenters. The van der Waals surface area contributed by atoms with E-state index in [1.807, 2.05) is 30.5 Å². The maximum Gasteiger partial charge on any atom is 0.225 e. The Hall–Kier alpha value is -2.61. The molecule has 0 spiro atoms. The summed E-state index contributed by atoms with van der Waals surface area (Å²) in [4.78, 5) is 30.8. The van der Waals surface area contributed by atoms with Crippen molar-refractivity contribution in [3.63, 3.8) is 0 Å². The molecule has 0 bridgehead atoms. The SMILES string of the molecule is COc1ccc(CCN2CC(C(=O)NCc3csc(C)n3)CC2=O)cc1OC. The molecule has 8 heteroatoms. The first-order valence-electron chi connectivity index (χ1n) is 9.17. The Morgan fingerprint density at radius 2 is 2.11 bits per heavy atom. The monoisotopic (exact) mass is 403 g/mol. The van der Waals surface area contributed by atoms with Crippen LogP contribution in [-0.2, 0) is 22.6 Å². The highest BCUT2D eigenvalue weighted by molar-refractivity contribution is 7.09. The number of rotatable bonds is 8. The Bertz CT molecular complexity index is 852. The van der Waals surface area contributed by atoms with Crippen molar-refractivity contribution in [2.24, 2.45) is 5.92 Å². The molecule has 28 heavy (non-hydrogen) atoms. The summed E-state index contributed by atoms with van der Waals surface area (Å²) in [5.74, 6) is 0.966. The third-order valence-electron chi connectivity index (χ3n) is 4.81. The molecule has 1 aliphatic rings. The van der Waals surface area contributed by atoms with Gasteiger partial charge in [0.25, 0.3) is 0 Å². The molecular weight excluding hydrogens is 378 g/mol. The fourth-order valence-electron chi connectivity index (χ4n) is 3.28. The number of ether oxygens (including phenoxy) is 2. The smallest absolute Gasteiger partial charge is 0.225 e. The zero-order valence-electron chi connectivity index (χ0n) is 16.4. The first-order valence-corrected chi connectivity index (χ1v) is 10.1. The quantitative estimate of drug-likeness (QED) is 0.731. The Labute approximate surface area is 168 Å². The number of amides is 2. The molecular formula is C20H25N3O4S. The van der Waals surface area contributed by atoms with E-state index in [1.54, 1.807) is 30.5 Å². The lowest BCUT2D eigenvalue weighted by atomic mass is 10.1. The molecule has 7 nitrogen and oxygen atoms in total.